The van der Waals surface area contributed by atoms with Crippen molar-refractivity contribution in [3.8, 4) is 0 Å². The van der Waals surface area contributed by atoms with Gasteiger partial charge in [0.1, 0.15) is 0 Å². The van der Waals surface area contributed by atoms with E-state index >= 15 is 0 Å². The average Bonchev–Trinajstić information content (AvgIpc) is 2.36. The summed E-state index contributed by atoms with van der Waals surface area (Å²) < 4.78 is 25.8. The van der Waals surface area contributed by atoms with Crippen LogP contribution in [0.5, 0.6) is 0 Å². The van der Waals surface area contributed by atoms with Crippen molar-refractivity contribution in [1.82, 2.24) is 5.32 Å². The SMILES string of the molecule is Cc1ccc(CNCc2ccc(F)c(F)c2)c(C)c1. The molecule has 2 aromatic rings. The van der Waals surface area contributed by atoms with Crippen molar-refractivity contribution >= 4 is 0 Å². The molecule has 0 aromatic heterocycles. The normalized spacial score (nSPS) is 10.7. The molecule has 3 heteroatoms. The number of halogens is 2. The van der Waals surface area contributed by atoms with Crippen LogP contribution in [0.4, 0.5) is 8.78 Å². The smallest absolute Gasteiger partial charge is 0.159 e. The minimum Gasteiger partial charge on any atom is -0.309 e. The summed E-state index contributed by atoms with van der Waals surface area (Å²) in [6.45, 7) is 5.36. The fourth-order valence-corrected chi connectivity index (χ4v) is 2.04. The summed E-state index contributed by atoms with van der Waals surface area (Å²) in [5.41, 5.74) is 4.43. The fraction of sp³-hybridized carbons (Fsp3) is 0.250. The Morgan fingerprint density at radius 3 is 2.37 bits per heavy atom. The second kappa shape index (κ2) is 5.93. The predicted octanol–water partition coefficient (Wildman–Crippen LogP) is 3.87. The van der Waals surface area contributed by atoms with Gasteiger partial charge in [0.2, 0.25) is 0 Å². The van der Waals surface area contributed by atoms with E-state index in [1.54, 1.807) is 6.07 Å². The van der Waals surface area contributed by atoms with Crippen molar-refractivity contribution < 1.29 is 8.78 Å². The zero-order chi connectivity index (χ0) is 13.8. The molecule has 0 saturated heterocycles. The second-order valence-electron chi connectivity index (χ2n) is 4.78. The van der Waals surface area contributed by atoms with Crippen molar-refractivity contribution in [3.05, 3.63) is 70.3 Å². The second-order valence-corrected chi connectivity index (χ2v) is 4.78. The Morgan fingerprint density at radius 1 is 0.895 bits per heavy atom. The number of aryl methyl sites for hydroxylation is 2. The van der Waals surface area contributed by atoms with E-state index in [1.807, 2.05) is 0 Å². The topological polar surface area (TPSA) is 12.0 Å². The maximum Gasteiger partial charge on any atom is 0.159 e. The van der Waals surface area contributed by atoms with E-state index in [2.05, 4.69) is 37.4 Å². The first-order chi connectivity index (χ1) is 9.06. The quantitative estimate of drug-likeness (QED) is 0.881. The van der Waals surface area contributed by atoms with Crippen molar-refractivity contribution in [3.63, 3.8) is 0 Å². The molecule has 1 nitrogen and oxygen atoms in total. The van der Waals surface area contributed by atoms with Crippen LogP contribution < -0.4 is 5.32 Å². The lowest BCUT2D eigenvalue weighted by atomic mass is 10.1. The molecule has 19 heavy (non-hydrogen) atoms. The monoisotopic (exact) mass is 261 g/mol. The molecule has 0 unspecified atom stereocenters. The van der Waals surface area contributed by atoms with Gasteiger partial charge in [-0.15, -0.1) is 0 Å². The van der Waals surface area contributed by atoms with Gasteiger partial charge in [-0.25, -0.2) is 8.78 Å². The van der Waals surface area contributed by atoms with E-state index < -0.39 is 11.6 Å². The van der Waals surface area contributed by atoms with Gasteiger partial charge in [-0.3, -0.25) is 0 Å². The Bertz CT molecular complexity index is 579. The molecule has 0 spiro atoms. The Balaban J connectivity index is 1.94. The van der Waals surface area contributed by atoms with Gasteiger partial charge in [0.25, 0.3) is 0 Å². The summed E-state index contributed by atoms with van der Waals surface area (Å²) in [5, 5.41) is 3.24. The first-order valence-corrected chi connectivity index (χ1v) is 6.27. The van der Waals surface area contributed by atoms with Gasteiger partial charge in [0, 0.05) is 13.1 Å². The van der Waals surface area contributed by atoms with Crippen LogP contribution in [0.15, 0.2) is 36.4 Å². The highest BCUT2D eigenvalue weighted by Crippen LogP contribution is 2.11. The van der Waals surface area contributed by atoms with Crippen LogP contribution in [0.2, 0.25) is 0 Å². The van der Waals surface area contributed by atoms with Gasteiger partial charge in [-0.2, -0.15) is 0 Å². The summed E-state index contributed by atoms with van der Waals surface area (Å²) >= 11 is 0. The Morgan fingerprint density at radius 2 is 1.68 bits per heavy atom. The Hall–Kier alpha value is -1.74. The van der Waals surface area contributed by atoms with Crippen LogP contribution in [0.1, 0.15) is 22.3 Å². The molecule has 0 aliphatic heterocycles. The largest absolute Gasteiger partial charge is 0.309 e. The maximum absolute atomic E-state index is 13.0. The Labute approximate surface area is 112 Å². The van der Waals surface area contributed by atoms with Gasteiger partial charge in [0.05, 0.1) is 0 Å². The molecule has 1 N–H and O–H groups in total. The molecule has 0 atom stereocenters. The first kappa shape index (κ1) is 13.7. The molecule has 100 valence electrons. The Kier molecular flexibility index (Phi) is 4.27. The van der Waals surface area contributed by atoms with Gasteiger partial charge < -0.3 is 5.32 Å². The lowest BCUT2D eigenvalue weighted by Gasteiger charge is -2.09. The highest BCUT2D eigenvalue weighted by Gasteiger charge is 2.03. The number of nitrogens with one attached hydrogen (secondary N) is 1. The van der Waals surface area contributed by atoms with Crippen LogP contribution >= 0.6 is 0 Å². The molecule has 0 fully saturated rings. The molecule has 0 heterocycles. The van der Waals surface area contributed by atoms with Crippen LogP contribution in [0.25, 0.3) is 0 Å². The van der Waals surface area contributed by atoms with Crippen LogP contribution in [0.3, 0.4) is 0 Å². The highest BCUT2D eigenvalue weighted by molar-refractivity contribution is 5.30. The van der Waals surface area contributed by atoms with E-state index in [0.29, 0.717) is 13.1 Å². The third-order valence-corrected chi connectivity index (χ3v) is 3.13. The summed E-state index contributed by atoms with van der Waals surface area (Å²) in [7, 11) is 0. The molecule has 0 bridgehead atoms. The van der Waals surface area contributed by atoms with Crippen molar-refractivity contribution in [2.24, 2.45) is 0 Å². The average molecular weight is 261 g/mol. The summed E-state index contributed by atoms with van der Waals surface area (Å²) in [4.78, 5) is 0. The molecule has 0 saturated carbocycles. The van der Waals surface area contributed by atoms with Crippen molar-refractivity contribution in [2.75, 3.05) is 0 Å². The number of benzene rings is 2. The fourth-order valence-electron chi connectivity index (χ4n) is 2.04. The molecular formula is C16H17F2N. The molecule has 0 amide bonds. The molecule has 0 aliphatic rings. The molecule has 2 aromatic carbocycles. The summed E-state index contributed by atoms with van der Waals surface area (Å²) in [6, 6.07) is 10.3. The van der Waals surface area contributed by atoms with E-state index in [-0.39, 0.29) is 0 Å². The van der Waals surface area contributed by atoms with Gasteiger partial charge in [-0.1, -0.05) is 29.8 Å². The van der Waals surface area contributed by atoms with Crippen LogP contribution in [-0.2, 0) is 13.1 Å². The zero-order valence-corrected chi connectivity index (χ0v) is 11.1. The predicted molar refractivity (Wildman–Crippen MR) is 72.8 cm³/mol. The lowest BCUT2D eigenvalue weighted by molar-refractivity contribution is 0.506. The molecular weight excluding hydrogens is 244 g/mol. The van der Waals surface area contributed by atoms with E-state index in [1.165, 1.54) is 22.8 Å². The standard InChI is InChI=1S/C16H17F2N/c1-11-3-5-14(12(2)7-11)10-19-9-13-4-6-15(17)16(18)8-13/h3-8,19H,9-10H2,1-2H3. The molecule has 2 rings (SSSR count). The van der Waals surface area contributed by atoms with Gasteiger partial charge >= 0.3 is 0 Å². The number of rotatable bonds is 4. The molecule has 0 radical (unpaired) electrons. The van der Waals surface area contributed by atoms with Gasteiger partial charge in [-0.05, 0) is 42.7 Å². The minimum atomic E-state index is -0.807. The maximum atomic E-state index is 13.0. The molecule has 0 aliphatic carbocycles. The van der Waals surface area contributed by atoms with Crippen molar-refractivity contribution in [1.29, 1.82) is 0 Å². The minimum absolute atomic E-state index is 0.518. The summed E-state index contributed by atoms with van der Waals surface area (Å²) in [5.74, 6) is -1.61. The van der Waals surface area contributed by atoms with E-state index in [0.717, 1.165) is 11.6 Å². The third-order valence-electron chi connectivity index (χ3n) is 3.13. The zero-order valence-electron chi connectivity index (χ0n) is 11.1. The summed E-state index contributed by atoms with van der Waals surface area (Å²) in [6.07, 6.45) is 0. The third kappa shape index (κ3) is 3.61. The number of hydrogen-bond acceptors (Lipinski definition) is 1. The first-order valence-electron chi connectivity index (χ1n) is 6.27. The van der Waals surface area contributed by atoms with E-state index in [9.17, 15) is 8.78 Å². The van der Waals surface area contributed by atoms with E-state index in [4.69, 9.17) is 0 Å². The number of hydrogen-bond donors (Lipinski definition) is 1. The van der Waals surface area contributed by atoms with Crippen molar-refractivity contribution in [2.45, 2.75) is 26.9 Å². The van der Waals surface area contributed by atoms with Gasteiger partial charge in [0.15, 0.2) is 11.6 Å². The highest BCUT2D eigenvalue weighted by atomic mass is 19.2. The lowest BCUT2D eigenvalue weighted by Crippen LogP contribution is -2.13. The van der Waals surface area contributed by atoms with Crippen LogP contribution in [0, 0.1) is 25.5 Å². The van der Waals surface area contributed by atoms with Crippen LogP contribution in [-0.4, -0.2) is 0 Å².